The Bertz CT molecular complexity index is 1020. The lowest BCUT2D eigenvalue weighted by Crippen LogP contribution is -2.33. The summed E-state index contributed by atoms with van der Waals surface area (Å²) in [5.74, 6) is 0.297. The third-order valence-electron chi connectivity index (χ3n) is 4.12. The molecule has 6 heteroatoms. The van der Waals surface area contributed by atoms with Gasteiger partial charge in [-0.3, -0.25) is 4.79 Å². The van der Waals surface area contributed by atoms with E-state index in [0.29, 0.717) is 16.3 Å². The van der Waals surface area contributed by atoms with Gasteiger partial charge < -0.3 is 9.84 Å². The average Bonchev–Trinajstić information content (AvgIpc) is 2.66. The second-order valence-electron chi connectivity index (χ2n) is 6.13. The molecule has 3 aromatic carbocycles. The number of fused-ring (bicyclic) bond motifs is 1. The number of phenolic OH excluding ortho intramolecular Hbond substituents is 1. The van der Waals surface area contributed by atoms with Crippen LogP contribution in [0.25, 0.3) is 10.8 Å². The zero-order valence-electron chi connectivity index (χ0n) is 14.9. The molecule has 138 valence electrons. The van der Waals surface area contributed by atoms with Crippen molar-refractivity contribution < 1.29 is 14.6 Å². The van der Waals surface area contributed by atoms with E-state index in [-0.39, 0.29) is 5.75 Å². The molecule has 1 amide bonds. The van der Waals surface area contributed by atoms with E-state index in [0.717, 1.165) is 16.3 Å². The highest BCUT2D eigenvalue weighted by atomic mass is 35.5. The summed E-state index contributed by atoms with van der Waals surface area (Å²) in [6, 6.07) is 16.3. The van der Waals surface area contributed by atoms with Crippen LogP contribution >= 0.6 is 11.6 Å². The number of hydrogen-bond acceptors (Lipinski definition) is 4. The maximum atomic E-state index is 12.2. The van der Waals surface area contributed by atoms with E-state index in [2.05, 4.69) is 10.5 Å². The van der Waals surface area contributed by atoms with Gasteiger partial charge in [0, 0.05) is 16.0 Å². The predicted molar refractivity (Wildman–Crippen MR) is 108 cm³/mol. The van der Waals surface area contributed by atoms with E-state index < -0.39 is 12.0 Å². The summed E-state index contributed by atoms with van der Waals surface area (Å²) < 4.78 is 5.65. The van der Waals surface area contributed by atoms with Gasteiger partial charge in [-0.2, -0.15) is 5.10 Å². The number of ether oxygens (including phenoxy) is 1. The fourth-order valence-corrected chi connectivity index (χ4v) is 2.85. The highest BCUT2D eigenvalue weighted by Crippen LogP contribution is 2.27. The number of hydrazone groups is 1. The normalized spacial score (nSPS) is 12.3. The number of carbonyl (C=O) groups is 1. The van der Waals surface area contributed by atoms with Crippen molar-refractivity contribution >= 4 is 34.5 Å². The maximum absolute atomic E-state index is 12.2. The van der Waals surface area contributed by atoms with E-state index >= 15 is 0 Å². The molecule has 0 fully saturated rings. The SMILES string of the molecule is Cc1cc(Cl)ccc1OC(C)C(=O)N/N=C/c1ccc2ccccc2c1O. The molecule has 27 heavy (non-hydrogen) atoms. The number of halogens is 1. The van der Waals surface area contributed by atoms with Crippen molar-refractivity contribution in [3.63, 3.8) is 0 Å². The summed E-state index contributed by atoms with van der Waals surface area (Å²) in [5.41, 5.74) is 3.78. The zero-order chi connectivity index (χ0) is 19.4. The molecule has 0 saturated heterocycles. The number of benzene rings is 3. The molecule has 0 radical (unpaired) electrons. The molecule has 3 rings (SSSR count). The Morgan fingerprint density at radius 2 is 2.00 bits per heavy atom. The Kier molecular flexibility index (Phi) is 5.62. The third-order valence-corrected chi connectivity index (χ3v) is 4.36. The van der Waals surface area contributed by atoms with Crippen LogP contribution in [0.5, 0.6) is 11.5 Å². The molecule has 0 heterocycles. The number of aromatic hydroxyl groups is 1. The maximum Gasteiger partial charge on any atom is 0.280 e. The Morgan fingerprint density at radius 3 is 2.78 bits per heavy atom. The second kappa shape index (κ2) is 8.10. The number of phenols is 1. The zero-order valence-corrected chi connectivity index (χ0v) is 15.7. The van der Waals surface area contributed by atoms with Crippen LogP contribution < -0.4 is 10.2 Å². The Hall–Kier alpha value is -3.05. The smallest absolute Gasteiger partial charge is 0.280 e. The third kappa shape index (κ3) is 4.38. The van der Waals surface area contributed by atoms with Gasteiger partial charge in [-0.25, -0.2) is 5.43 Å². The molecule has 0 aliphatic carbocycles. The van der Waals surface area contributed by atoms with Crippen LogP contribution in [-0.2, 0) is 4.79 Å². The lowest BCUT2D eigenvalue weighted by atomic mass is 10.1. The predicted octanol–water partition coefficient (Wildman–Crippen LogP) is 4.42. The molecule has 0 bridgehead atoms. The molecule has 1 unspecified atom stereocenters. The van der Waals surface area contributed by atoms with Crippen molar-refractivity contribution in [2.45, 2.75) is 20.0 Å². The number of carbonyl (C=O) groups excluding carboxylic acids is 1. The van der Waals surface area contributed by atoms with E-state index in [9.17, 15) is 9.90 Å². The van der Waals surface area contributed by atoms with Gasteiger partial charge in [0.15, 0.2) is 6.10 Å². The van der Waals surface area contributed by atoms with E-state index in [1.165, 1.54) is 6.21 Å². The molecular weight excluding hydrogens is 364 g/mol. The molecule has 0 spiro atoms. The Balaban J connectivity index is 1.65. The van der Waals surface area contributed by atoms with Crippen LogP contribution in [0.2, 0.25) is 5.02 Å². The topological polar surface area (TPSA) is 70.9 Å². The Morgan fingerprint density at radius 1 is 1.22 bits per heavy atom. The monoisotopic (exact) mass is 382 g/mol. The van der Waals surface area contributed by atoms with Gasteiger partial charge in [-0.15, -0.1) is 0 Å². The second-order valence-corrected chi connectivity index (χ2v) is 6.57. The summed E-state index contributed by atoms with van der Waals surface area (Å²) in [4.78, 5) is 12.2. The first-order valence-corrected chi connectivity index (χ1v) is 8.80. The first-order valence-electron chi connectivity index (χ1n) is 8.42. The van der Waals surface area contributed by atoms with Crippen molar-refractivity contribution in [2.75, 3.05) is 0 Å². The molecule has 2 N–H and O–H groups in total. The summed E-state index contributed by atoms with van der Waals surface area (Å²) in [6.07, 6.45) is 0.659. The standard InChI is InChI=1S/C21H19ClN2O3/c1-13-11-17(22)9-10-19(13)27-14(2)21(26)24-23-12-16-8-7-15-5-3-4-6-18(15)20(16)25/h3-12,14,25H,1-2H3,(H,24,26)/b23-12+. The molecule has 5 nitrogen and oxygen atoms in total. The molecule has 0 aliphatic heterocycles. The minimum atomic E-state index is -0.743. The highest BCUT2D eigenvalue weighted by molar-refractivity contribution is 6.30. The van der Waals surface area contributed by atoms with Crippen LogP contribution in [-0.4, -0.2) is 23.3 Å². The molecular formula is C21H19ClN2O3. The van der Waals surface area contributed by atoms with E-state index in [4.69, 9.17) is 16.3 Å². The van der Waals surface area contributed by atoms with Crippen LogP contribution in [0.4, 0.5) is 0 Å². The van der Waals surface area contributed by atoms with E-state index in [1.54, 1.807) is 31.2 Å². The number of hydrogen-bond donors (Lipinski definition) is 2. The van der Waals surface area contributed by atoms with Crippen molar-refractivity contribution in [2.24, 2.45) is 5.10 Å². The van der Waals surface area contributed by atoms with Crippen LogP contribution in [0.15, 0.2) is 59.7 Å². The minimum Gasteiger partial charge on any atom is -0.507 e. The van der Waals surface area contributed by atoms with Gasteiger partial charge in [-0.05, 0) is 49.1 Å². The number of nitrogens with one attached hydrogen (secondary N) is 1. The first-order chi connectivity index (χ1) is 13.0. The van der Waals surface area contributed by atoms with Gasteiger partial charge in [-0.1, -0.05) is 41.9 Å². The first kappa shape index (κ1) is 18.7. The van der Waals surface area contributed by atoms with Gasteiger partial charge >= 0.3 is 0 Å². The van der Waals surface area contributed by atoms with Crippen molar-refractivity contribution in [3.8, 4) is 11.5 Å². The van der Waals surface area contributed by atoms with Gasteiger partial charge in [0.1, 0.15) is 11.5 Å². The van der Waals surface area contributed by atoms with Crippen molar-refractivity contribution in [1.29, 1.82) is 0 Å². The Labute approximate surface area is 162 Å². The quantitative estimate of drug-likeness (QED) is 0.506. The van der Waals surface area contributed by atoms with Crippen molar-refractivity contribution in [3.05, 3.63) is 70.7 Å². The lowest BCUT2D eigenvalue weighted by molar-refractivity contribution is -0.127. The van der Waals surface area contributed by atoms with Crippen LogP contribution in [0.3, 0.4) is 0 Å². The summed E-state index contributed by atoms with van der Waals surface area (Å²) in [5, 5.41) is 16.5. The number of amides is 1. The molecule has 3 aromatic rings. The number of nitrogens with zero attached hydrogens (tertiary/aromatic N) is 1. The minimum absolute atomic E-state index is 0.118. The summed E-state index contributed by atoms with van der Waals surface area (Å²) >= 11 is 5.92. The number of rotatable bonds is 5. The van der Waals surface area contributed by atoms with Crippen LogP contribution in [0.1, 0.15) is 18.1 Å². The lowest BCUT2D eigenvalue weighted by Gasteiger charge is -2.15. The fraction of sp³-hybridized carbons (Fsp3) is 0.143. The number of aryl methyl sites for hydroxylation is 1. The highest BCUT2D eigenvalue weighted by Gasteiger charge is 2.15. The fourth-order valence-electron chi connectivity index (χ4n) is 2.62. The summed E-state index contributed by atoms with van der Waals surface area (Å²) in [7, 11) is 0. The van der Waals surface area contributed by atoms with Crippen LogP contribution in [0, 0.1) is 6.92 Å². The molecule has 0 aromatic heterocycles. The largest absolute Gasteiger partial charge is 0.507 e. The average molecular weight is 383 g/mol. The van der Waals surface area contributed by atoms with Gasteiger partial charge in [0.05, 0.1) is 6.21 Å². The van der Waals surface area contributed by atoms with Gasteiger partial charge in [0.2, 0.25) is 0 Å². The molecule has 0 saturated carbocycles. The summed E-state index contributed by atoms with van der Waals surface area (Å²) in [6.45, 7) is 3.49. The van der Waals surface area contributed by atoms with Crippen molar-refractivity contribution in [1.82, 2.24) is 5.43 Å². The van der Waals surface area contributed by atoms with E-state index in [1.807, 2.05) is 37.3 Å². The molecule has 0 aliphatic rings. The molecule has 1 atom stereocenters. The van der Waals surface area contributed by atoms with Gasteiger partial charge in [0.25, 0.3) is 5.91 Å².